The third kappa shape index (κ3) is 2.05. The Hall–Kier alpha value is -2.13. The maximum absolute atomic E-state index is 11.8. The van der Waals surface area contributed by atoms with E-state index in [-0.39, 0.29) is 5.56 Å². The topological polar surface area (TPSA) is 50.3 Å². The van der Waals surface area contributed by atoms with Gasteiger partial charge in [-0.2, -0.15) is 0 Å². The van der Waals surface area contributed by atoms with Gasteiger partial charge in [0.2, 0.25) is 5.88 Å². The van der Waals surface area contributed by atoms with Crippen molar-refractivity contribution >= 4 is 6.08 Å². The minimum atomic E-state index is -0.0523. The highest BCUT2D eigenvalue weighted by Gasteiger charge is 2.09. The second kappa shape index (κ2) is 4.39. The van der Waals surface area contributed by atoms with Gasteiger partial charge in [-0.1, -0.05) is 12.7 Å². The van der Waals surface area contributed by atoms with Crippen LogP contribution in [0.25, 0.3) is 6.08 Å². The van der Waals surface area contributed by atoms with Gasteiger partial charge in [-0.05, 0) is 6.42 Å². The van der Waals surface area contributed by atoms with Crippen molar-refractivity contribution in [2.24, 2.45) is 7.05 Å². The Morgan fingerprint density at radius 3 is 2.88 bits per heavy atom. The molecule has 1 N–H and O–H groups in total. The van der Waals surface area contributed by atoms with Crippen molar-refractivity contribution in [2.75, 3.05) is 7.05 Å². The molecule has 90 valence electrons. The van der Waals surface area contributed by atoms with Gasteiger partial charge in [0.05, 0.1) is 5.56 Å². The normalized spacial score (nSPS) is 13.8. The molecule has 5 nitrogen and oxygen atoms in total. The highest BCUT2D eigenvalue weighted by Crippen LogP contribution is 2.11. The zero-order chi connectivity index (χ0) is 12.4. The Morgan fingerprint density at radius 2 is 2.29 bits per heavy atom. The average Bonchev–Trinajstić information content (AvgIpc) is 2.83. The van der Waals surface area contributed by atoms with Gasteiger partial charge < -0.3 is 9.64 Å². The van der Waals surface area contributed by atoms with E-state index in [1.807, 2.05) is 14.0 Å². The summed E-state index contributed by atoms with van der Waals surface area (Å²) in [5, 5.41) is 3.00. The lowest BCUT2D eigenvalue weighted by Crippen LogP contribution is -2.13. The van der Waals surface area contributed by atoms with Gasteiger partial charge in [0.25, 0.3) is 5.56 Å². The lowest BCUT2D eigenvalue weighted by atomic mass is 10.2. The fraction of sp³-hybridized carbons (Fsp3) is 0.333. The maximum atomic E-state index is 11.8. The molecule has 0 bridgehead atoms. The molecule has 17 heavy (non-hydrogen) atoms. The highest BCUT2D eigenvalue weighted by atomic mass is 16.5. The van der Waals surface area contributed by atoms with Gasteiger partial charge in [0.15, 0.2) is 0 Å². The molecule has 1 aliphatic heterocycles. The summed E-state index contributed by atoms with van der Waals surface area (Å²) in [6, 6.07) is 0. The molecule has 2 heterocycles. The summed E-state index contributed by atoms with van der Waals surface area (Å²) in [7, 11) is 3.56. The first-order valence-electron chi connectivity index (χ1n) is 5.44. The van der Waals surface area contributed by atoms with Crippen molar-refractivity contribution in [3.63, 3.8) is 0 Å². The summed E-state index contributed by atoms with van der Waals surface area (Å²) in [6.45, 7) is 2.00. The molecule has 2 rings (SSSR count). The number of hydrogen-bond donors (Lipinski definition) is 1. The number of rotatable bonds is 2. The van der Waals surface area contributed by atoms with Gasteiger partial charge in [-0.3, -0.25) is 14.6 Å². The first kappa shape index (κ1) is 11.4. The Balaban J connectivity index is 2.43. The molecule has 5 heteroatoms. The van der Waals surface area contributed by atoms with E-state index >= 15 is 0 Å². The molecule has 1 aromatic heterocycles. The monoisotopic (exact) mass is 233 g/mol. The number of ether oxygens (including phenoxy) is 1. The van der Waals surface area contributed by atoms with E-state index in [2.05, 4.69) is 10.8 Å². The van der Waals surface area contributed by atoms with E-state index in [4.69, 9.17) is 4.74 Å². The zero-order valence-corrected chi connectivity index (χ0v) is 10.2. The van der Waals surface area contributed by atoms with E-state index in [9.17, 15) is 4.79 Å². The SMILES string of the molecule is CCc1[nH]n(C)c(=O)c1C=C=C1OC=CN1C. The van der Waals surface area contributed by atoms with Crippen molar-refractivity contribution in [2.45, 2.75) is 13.3 Å². The summed E-state index contributed by atoms with van der Waals surface area (Å²) >= 11 is 0. The van der Waals surface area contributed by atoms with Crippen molar-refractivity contribution < 1.29 is 4.74 Å². The molecular weight excluding hydrogens is 218 g/mol. The van der Waals surface area contributed by atoms with E-state index in [0.717, 1.165) is 12.1 Å². The Kier molecular flexibility index (Phi) is 2.93. The Labute approximate surface area is 99.3 Å². The lowest BCUT2D eigenvalue weighted by molar-refractivity contribution is 0.296. The average molecular weight is 233 g/mol. The third-order valence-corrected chi connectivity index (χ3v) is 2.64. The van der Waals surface area contributed by atoms with Gasteiger partial charge in [0, 0.05) is 32.1 Å². The third-order valence-electron chi connectivity index (χ3n) is 2.64. The van der Waals surface area contributed by atoms with Crippen molar-refractivity contribution in [3.05, 3.63) is 45.7 Å². The molecule has 0 aromatic carbocycles. The first-order chi connectivity index (χ1) is 8.13. The van der Waals surface area contributed by atoms with Crippen LogP contribution in [0, 0.1) is 0 Å². The van der Waals surface area contributed by atoms with Crippen LogP contribution in [0.4, 0.5) is 0 Å². The van der Waals surface area contributed by atoms with Crippen molar-refractivity contribution in [1.82, 2.24) is 14.7 Å². The molecule has 0 radical (unpaired) electrons. The summed E-state index contributed by atoms with van der Waals surface area (Å²) in [5.74, 6) is 0.579. The second-order valence-corrected chi connectivity index (χ2v) is 3.83. The van der Waals surface area contributed by atoms with E-state index in [1.54, 1.807) is 30.5 Å². The number of aromatic nitrogens is 2. The summed E-state index contributed by atoms with van der Waals surface area (Å²) < 4.78 is 6.67. The second-order valence-electron chi connectivity index (χ2n) is 3.83. The summed E-state index contributed by atoms with van der Waals surface area (Å²) in [5.41, 5.74) is 4.46. The largest absolute Gasteiger partial charge is 0.440 e. The van der Waals surface area contributed by atoms with E-state index < -0.39 is 0 Å². The highest BCUT2D eigenvalue weighted by molar-refractivity contribution is 5.50. The predicted octanol–water partition coefficient (Wildman–Crippen LogP) is 1.16. The molecule has 0 fully saturated rings. The first-order valence-corrected chi connectivity index (χ1v) is 5.44. The van der Waals surface area contributed by atoms with E-state index in [0.29, 0.717) is 11.4 Å². The van der Waals surface area contributed by atoms with Crippen LogP contribution < -0.4 is 5.56 Å². The Bertz CT molecular complexity index is 571. The van der Waals surface area contributed by atoms with E-state index in [1.165, 1.54) is 4.68 Å². The minimum absolute atomic E-state index is 0.0523. The molecule has 0 unspecified atom stereocenters. The van der Waals surface area contributed by atoms with Gasteiger partial charge in [0.1, 0.15) is 6.26 Å². The quantitative estimate of drug-likeness (QED) is 0.780. The van der Waals surface area contributed by atoms with Crippen LogP contribution in [0.3, 0.4) is 0 Å². The molecule has 0 saturated carbocycles. The Morgan fingerprint density at radius 1 is 1.53 bits per heavy atom. The fourth-order valence-electron chi connectivity index (χ4n) is 1.65. The van der Waals surface area contributed by atoms with Crippen LogP contribution in [0.1, 0.15) is 18.2 Å². The minimum Gasteiger partial charge on any atom is -0.440 e. The molecule has 0 atom stereocenters. The summed E-state index contributed by atoms with van der Waals surface area (Å²) in [4.78, 5) is 13.6. The number of nitrogens with zero attached hydrogens (tertiary/aromatic N) is 2. The van der Waals surface area contributed by atoms with Crippen LogP contribution in [0.5, 0.6) is 0 Å². The number of aryl methyl sites for hydroxylation is 2. The van der Waals surface area contributed by atoms with Crippen LogP contribution in [-0.4, -0.2) is 21.7 Å². The van der Waals surface area contributed by atoms with Gasteiger partial charge in [-0.15, -0.1) is 0 Å². The van der Waals surface area contributed by atoms with Crippen LogP contribution in [0.2, 0.25) is 0 Å². The maximum Gasteiger partial charge on any atom is 0.274 e. The predicted molar refractivity (Wildman–Crippen MR) is 64.9 cm³/mol. The van der Waals surface area contributed by atoms with Crippen LogP contribution >= 0.6 is 0 Å². The van der Waals surface area contributed by atoms with Gasteiger partial charge in [-0.25, -0.2) is 0 Å². The molecule has 0 saturated heterocycles. The van der Waals surface area contributed by atoms with Crippen molar-refractivity contribution in [3.8, 4) is 0 Å². The number of nitrogens with one attached hydrogen (secondary N) is 1. The van der Waals surface area contributed by atoms with Crippen LogP contribution in [-0.2, 0) is 18.2 Å². The number of H-pyrrole nitrogens is 1. The van der Waals surface area contributed by atoms with Crippen LogP contribution in [0.15, 0.2) is 28.9 Å². The standard InChI is InChI=1S/C12H15N3O2/c1-4-10-9(12(16)15(3)13-10)5-6-11-14(2)7-8-17-11/h5,7-8,13H,4H2,1-3H3. The molecular formula is C12H15N3O2. The lowest BCUT2D eigenvalue weighted by Gasteiger charge is -2.04. The number of hydrogen-bond acceptors (Lipinski definition) is 3. The smallest absolute Gasteiger partial charge is 0.274 e. The molecule has 0 spiro atoms. The molecule has 1 aliphatic rings. The number of aromatic amines is 1. The summed E-state index contributed by atoms with van der Waals surface area (Å²) in [6.07, 6.45) is 5.79. The fourth-order valence-corrected chi connectivity index (χ4v) is 1.65. The van der Waals surface area contributed by atoms with Crippen molar-refractivity contribution in [1.29, 1.82) is 0 Å². The zero-order valence-electron chi connectivity index (χ0n) is 10.2. The molecule has 0 aliphatic carbocycles. The molecule has 1 aromatic rings. The van der Waals surface area contributed by atoms with Gasteiger partial charge >= 0.3 is 0 Å². The molecule has 0 amide bonds.